The van der Waals surface area contributed by atoms with E-state index in [1.807, 2.05) is 19.1 Å². The molecule has 2 aliphatic carbocycles. The molecule has 0 bridgehead atoms. The van der Waals surface area contributed by atoms with Gasteiger partial charge in [-0.1, -0.05) is 31.9 Å². The summed E-state index contributed by atoms with van der Waals surface area (Å²) in [7, 11) is -3.76. The lowest BCUT2D eigenvalue weighted by Gasteiger charge is -2.28. The van der Waals surface area contributed by atoms with Crippen molar-refractivity contribution >= 4 is 27.7 Å². The van der Waals surface area contributed by atoms with Gasteiger partial charge in [-0.05, 0) is 44.9 Å². The molecule has 6 atom stereocenters. The van der Waals surface area contributed by atoms with Crippen molar-refractivity contribution in [2.24, 2.45) is 17.6 Å². The quantitative estimate of drug-likeness (QED) is 0.458. The Labute approximate surface area is 207 Å². The second kappa shape index (κ2) is 10.2. The Balaban J connectivity index is 1.60. The SMILES string of the molecule is CCO[C@@H]1C[C@H]2C(=O)N[C@]3(C(=O)NS(=O)(=O)C4CC4)CC3/C=C\CC(C)CCC[C@H](N)C(=O)N2C1. The zero-order chi connectivity index (χ0) is 25.4. The molecule has 2 unspecified atom stereocenters. The van der Waals surface area contributed by atoms with Crippen molar-refractivity contribution in [2.45, 2.75) is 94.2 Å². The molecule has 3 amide bonds. The van der Waals surface area contributed by atoms with Crippen LogP contribution in [0, 0.1) is 11.8 Å². The molecule has 4 N–H and O–H groups in total. The first kappa shape index (κ1) is 26.1. The van der Waals surface area contributed by atoms with Gasteiger partial charge < -0.3 is 20.7 Å². The normalized spacial score (nSPS) is 37.3. The van der Waals surface area contributed by atoms with E-state index in [-0.39, 0.29) is 24.5 Å². The van der Waals surface area contributed by atoms with Crippen LogP contribution in [0.4, 0.5) is 0 Å². The Kier molecular flexibility index (Phi) is 7.59. The molecule has 0 spiro atoms. The number of rotatable bonds is 5. The van der Waals surface area contributed by atoms with Crippen LogP contribution >= 0.6 is 0 Å². The van der Waals surface area contributed by atoms with Gasteiger partial charge in [0.05, 0.1) is 17.4 Å². The maximum Gasteiger partial charge on any atom is 0.259 e. The van der Waals surface area contributed by atoms with Gasteiger partial charge in [-0.2, -0.15) is 0 Å². The summed E-state index contributed by atoms with van der Waals surface area (Å²) in [6.45, 7) is 4.68. The topological polar surface area (TPSA) is 148 Å². The Hall–Kier alpha value is -1.98. The van der Waals surface area contributed by atoms with E-state index in [4.69, 9.17) is 10.5 Å². The number of carbonyl (C=O) groups excluding carboxylic acids is 3. The highest BCUT2D eigenvalue weighted by atomic mass is 32.2. The van der Waals surface area contributed by atoms with Gasteiger partial charge in [0.15, 0.2) is 0 Å². The zero-order valence-electron chi connectivity index (χ0n) is 20.6. The molecule has 1 saturated heterocycles. The van der Waals surface area contributed by atoms with Crippen molar-refractivity contribution in [3.63, 3.8) is 0 Å². The van der Waals surface area contributed by atoms with E-state index in [2.05, 4.69) is 17.0 Å². The smallest absolute Gasteiger partial charge is 0.259 e. The molecule has 3 fully saturated rings. The van der Waals surface area contributed by atoms with Crippen molar-refractivity contribution in [1.82, 2.24) is 14.9 Å². The number of hydrogen-bond donors (Lipinski definition) is 3. The van der Waals surface area contributed by atoms with Gasteiger partial charge in [0.2, 0.25) is 21.8 Å². The molecule has 0 aromatic carbocycles. The molecule has 196 valence electrons. The van der Waals surface area contributed by atoms with Crippen LogP contribution in [-0.4, -0.2) is 73.2 Å². The number of nitrogens with two attached hydrogens (primary N) is 1. The van der Waals surface area contributed by atoms with Crippen molar-refractivity contribution < 1.29 is 27.5 Å². The number of fused-ring (bicyclic) bond motifs is 2. The molecular formula is C24H38N4O6S. The van der Waals surface area contributed by atoms with Crippen LogP contribution < -0.4 is 15.8 Å². The fraction of sp³-hybridized carbons (Fsp3) is 0.792. The first-order chi connectivity index (χ1) is 16.6. The largest absolute Gasteiger partial charge is 0.377 e. The third kappa shape index (κ3) is 5.72. The van der Waals surface area contributed by atoms with Gasteiger partial charge in [-0.15, -0.1) is 0 Å². The average molecular weight is 511 g/mol. The highest BCUT2D eigenvalue weighted by Crippen LogP contribution is 2.46. The molecular weight excluding hydrogens is 472 g/mol. The van der Waals surface area contributed by atoms with E-state index < -0.39 is 44.7 Å². The van der Waals surface area contributed by atoms with Crippen molar-refractivity contribution in [3.8, 4) is 0 Å². The summed E-state index contributed by atoms with van der Waals surface area (Å²) in [6, 6.07) is -1.54. The fourth-order valence-electron chi connectivity index (χ4n) is 5.23. The minimum Gasteiger partial charge on any atom is -0.377 e. The molecule has 35 heavy (non-hydrogen) atoms. The van der Waals surface area contributed by atoms with Gasteiger partial charge in [0.1, 0.15) is 11.6 Å². The summed E-state index contributed by atoms with van der Waals surface area (Å²) in [5.74, 6) is -1.43. The first-order valence-electron chi connectivity index (χ1n) is 12.8. The molecule has 2 heterocycles. The Bertz CT molecular complexity index is 980. The van der Waals surface area contributed by atoms with E-state index in [9.17, 15) is 22.8 Å². The predicted molar refractivity (Wildman–Crippen MR) is 129 cm³/mol. The highest BCUT2D eigenvalue weighted by molar-refractivity contribution is 7.91. The van der Waals surface area contributed by atoms with Crippen LogP contribution in [0.25, 0.3) is 0 Å². The maximum absolute atomic E-state index is 13.5. The van der Waals surface area contributed by atoms with Crippen LogP contribution in [0.2, 0.25) is 0 Å². The molecule has 4 aliphatic rings. The van der Waals surface area contributed by atoms with E-state index in [0.29, 0.717) is 44.6 Å². The van der Waals surface area contributed by atoms with Crippen LogP contribution in [0.15, 0.2) is 12.2 Å². The summed E-state index contributed by atoms with van der Waals surface area (Å²) in [5, 5.41) is 2.29. The Morgan fingerprint density at radius 1 is 1.29 bits per heavy atom. The number of ether oxygens (including phenoxy) is 1. The number of carbonyl (C=O) groups is 3. The number of hydrogen-bond acceptors (Lipinski definition) is 7. The third-order valence-electron chi connectivity index (χ3n) is 7.65. The summed E-state index contributed by atoms with van der Waals surface area (Å²) in [6.07, 6.45) is 8.30. The Morgan fingerprint density at radius 2 is 2.03 bits per heavy atom. The van der Waals surface area contributed by atoms with E-state index >= 15 is 0 Å². The lowest BCUT2D eigenvalue weighted by atomic mass is 9.98. The molecule has 0 aromatic heterocycles. The fourth-order valence-corrected chi connectivity index (χ4v) is 6.59. The van der Waals surface area contributed by atoms with Crippen molar-refractivity contribution in [1.29, 1.82) is 0 Å². The van der Waals surface area contributed by atoms with Crippen LogP contribution in [0.3, 0.4) is 0 Å². The number of nitrogens with one attached hydrogen (secondary N) is 2. The number of sulfonamides is 1. The van der Waals surface area contributed by atoms with E-state index in [1.165, 1.54) is 4.90 Å². The summed E-state index contributed by atoms with van der Waals surface area (Å²) >= 11 is 0. The molecule has 11 heteroatoms. The molecule has 2 aliphatic heterocycles. The lowest BCUT2D eigenvalue weighted by Crippen LogP contribution is -2.57. The molecule has 2 saturated carbocycles. The van der Waals surface area contributed by atoms with Crippen molar-refractivity contribution in [2.75, 3.05) is 13.2 Å². The van der Waals surface area contributed by atoms with Gasteiger partial charge in [0.25, 0.3) is 5.91 Å². The van der Waals surface area contributed by atoms with Gasteiger partial charge in [-0.25, -0.2) is 8.42 Å². The lowest BCUT2D eigenvalue weighted by molar-refractivity contribution is -0.140. The number of allylic oxidation sites excluding steroid dienone is 1. The zero-order valence-corrected chi connectivity index (χ0v) is 21.4. The predicted octanol–water partition coefficient (Wildman–Crippen LogP) is 0.569. The van der Waals surface area contributed by atoms with E-state index in [1.54, 1.807) is 0 Å². The van der Waals surface area contributed by atoms with Crippen LogP contribution in [-0.2, 0) is 29.1 Å². The third-order valence-corrected chi connectivity index (χ3v) is 9.47. The molecule has 10 nitrogen and oxygen atoms in total. The minimum absolute atomic E-state index is 0.257. The Morgan fingerprint density at radius 3 is 2.71 bits per heavy atom. The number of amides is 3. The number of nitrogens with zero attached hydrogens (tertiary/aromatic N) is 1. The highest BCUT2D eigenvalue weighted by Gasteiger charge is 2.62. The average Bonchev–Trinajstić information content (AvgIpc) is 3.71. The second-order valence-corrected chi connectivity index (χ2v) is 12.5. The van der Waals surface area contributed by atoms with Gasteiger partial charge >= 0.3 is 0 Å². The van der Waals surface area contributed by atoms with Gasteiger partial charge in [-0.3, -0.25) is 19.1 Å². The summed E-state index contributed by atoms with van der Waals surface area (Å²) in [5.41, 5.74) is 4.88. The summed E-state index contributed by atoms with van der Waals surface area (Å²) < 4.78 is 32.8. The van der Waals surface area contributed by atoms with Crippen LogP contribution in [0.5, 0.6) is 0 Å². The van der Waals surface area contributed by atoms with Crippen molar-refractivity contribution in [3.05, 3.63) is 12.2 Å². The standard InChI is InChI=1S/C24H38N4O6S/c1-3-34-17-12-20-21(29)26-24(23(31)27-35(32,33)18-10-11-18)13-16(24)8-4-6-15(2)7-5-9-19(25)22(30)28(20)14-17/h4,8,15-20H,3,5-7,9-14,25H2,1-2H3,(H,26,29)(H,27,31)/b8-4-/t15?,16?,17-,19+,20+,24-/m1/s1. The molecule has 4 rings (SSSR count). The summed E-state index contributed by atoms with van der Waals surface area (Å²) in [4.78, 5) is 41.4. The monoisotopic (exact) mass is 510 g/mol. The minimum atomic E-state index is -3.76. The molecule has 0 aromatic rings. The van der Waals surface area contributed by atoms with Crippen LogP contribution in [0.1, 0.15) is 65.2 Å². The molecule has 0 radical (unpaired) electrons. The first-order valence-corrected chi connectivity index (χ1v) is 14.3. The van der Waals surface area contributed by atoms with E-state index in [0.717, 1.165) is 19.3 Å². The maximum atomic E-state index is 13.5. The van der Waals surface area contributed by atoms with Gasteiger partial charge in [0, 0.05) is 25.5 Å². The second-order valence-electron chi connectivity index (χ2n) is 10.6.